The molecule has 0 saturated heterocycles. The lowest BCUT2D eigenvalue weighted by molar-refractivity contribution is -0.162. The van der Waals surface area contributed by atoms with Gasteiger partial charge in [-0.15, -0.1) is 0 Å². The minimum Gasteiger partial charge on any atom is -0.440 e. The zero-order chi connectivity index (χ0) is 15.8. The minimum atomic E-state index is -5.19. The normalized spacial score (nSPS) is 12.5. The number of halogens is 6. The van der Waals surface area contributed by atoms with E-state index in [0.717, 1.165) is 12.1 Å². The van der Waals surface area contributed by atoms with Crippen LogP contribution in [0.4, 0.5) is 26.3 Å². The van der Waals surface area contributed by atoms with Gasteiger partial charge in [-0.05, 0) is 18.2 Å². The van der Waals surface area contributed by atoms with Crippen molar-refractivity contribution >= 4 is 0 Å². The van der Waals surface area contributed by atoms with Crippen molar-refractivity contribution in [2.45, 2.75) is 12.4 Å². The molecule has 0 radical (unpaired) electrons. The molecule has 0 spiro atoms. The lowest BCUT2D eigenvalue weighted by atomic mass is 10.1. The van der Waals surface area contributed by atoms with Gasteiger partial charge in [0.15, 0.2) is 5.88 Å². The fourth-order valence-electron chi connectivity index (χ4n) is 1.81. The molecule has 1 aromatic carbocycles. The summed E-state index contributed by atoms with van der Waals surface area (Å²) in [4.78, 5) is 0. The third-order valence-electron chi connectivity index (χ3n) is 2.73. The van der Waals surface area contributed by atoms with E-state index in [1.807, 2.05) is 0 Å². The first-order chi connectivity index (χ1) is 9.60. The van der Waals surface area contributed by atoms with Crippen LogP contribution in [0.25, 0.3) is 0 Å². The zero-order valence-corrected chi connectivity index (χ0v) is 10.6. The second-order valence-corrected chi connectivity index (χ2v) is 4.23. The highest BCUT2D eigenvalue weighted by molar-refractivity contribution is 5.45. The summed E-state index contributed by atoms with van der Waals surface area (Å²) in [7, 11) is 1.50. The Hall–Kier alpha value is -2.12. The van der Waals surface area contributed by atoms with Crippen LogP contribution in [0, 0.1) is 0 Å². The third kappa shape index (κ3) is 3.14. The lowest BCUT2D eigenvalue weighted by Gasteiger charge is -2.19. The first kappa shape index (κ1) is 15.3. The van der Waals surface area contributed by atoms with Crippen molar-refractivity contribution in [3.05, 3.63) is 47.7 Å². The Morgan fingerprint density at radius 2 is 1.57 bits per heavy atom. The summed E-state index contributed by atoms with van der Waals surface area (Å²) in [6.45, 7) is 0. The van der Waals surface area contributed by atoms with Crippen LogP contribution in [0.15, 0.2) is 36.5 Å². The van der Waals surface area contributed by atoms with Crippen LogP contribution >= 0.6 is 0 Å². The van der Waals surface area contributed by atoms with E-state index in [-0.39, 0.29) is 5.88 Å². The fraction of sp³-hybridized carbons (Fsp3) is 0.231. The van der Waals surface area contributed by atoms with E-state index in [0.29, 0.717) is 6.07 Å². The second kappa shape index (κ2) is 5.01. The number of hydrogen-bond acceptors (Lipinski definition) is 1. The quantitative estimate of drug-likeness (QED) is 0.723. The molecule has 114 valence electrons. The number of ether oxygens (including phenoxy) is 1. The van der Waals surface area contributed by atoms with Gasteiger partial charge in [0, 0.05) is 19.3 Å². The monoisotopic (exact) mass is 309 g/mol. The maximum atomic E-state index is 13.0. The Morgan fingerprint density at radius 1 is 0.905 bits per heavy atom. The van der Waals surface area contributed by atoms with E-state index < -0.39 is 29.2 Å². The number of hydrogen-bond donors (Lipinski definition) is 0. The molecular formula is C13H9F6NO. The minimum absolute atomic E-state index is 0.000163. The summed E-state index contributed by atoms with van der Waals surface area (Å²) in [5, 5.41) is 0. The summed E-state index contributed by atoms with van der Waals surface area (Å²) < 4.78 is 83.5. The number of benzene rings is 1. The maximum Gasteiger partial charge on any atom is 0.420 e. The molecule has 0 bridgehead atoms. The number of aromatic nitrogens is 1. The van der Waals surface area contributed by atoms with Gasteiger partial charge in [0.05, 0.1) is 5.56 Å². The number of rotatable bonds is 2. The van der Waals surface area contributed by atoms with Gasteiger partial charge < -0.3 is 9.30 Å². The molecule has 0 atom stereocenters. The van der Waals surface area contributed by atoms with E-state index in [1.165, 1.54) is 29.9 Å². The van der Waals surface area contributed by atoms with Gasteiger partial charge in [0.2, 0.25) is 0 Å². The van der Waals surface area contributed by atoms with Crippen molar-refractivity contribution in [3.63, 3.8) is 0 Å². The molecule has 2 aromatic rings. The molecule has 21 heavy (non-hydrogen) atoms. The summed E-state index contributed by atoms with van der Waals surface area (Å²) >= 11 is 0. The molecule has 2 rings (SSSR count). The fourth-order valence-corrected chi connectivity index (χ4v) is 1.81. The molecule has 0 aliphatic heterocycles. The third-order valence-corrected chi connectivity index (χ3v) is 2.73. The van der Waals surface area contributed by atoms with Gasteiger partial charge in [0.25, 0.3) is 0 Å². The van der Waals surface area contributed by atoms with Gasteiger partial charge in [-0.1, -0.05) is 6.07 Å². The van der Waals surface area contributed by atoms with Crippen LogP contribution < -0.4 is 4.74 Å². The van der Waals surface area contributed by atoms with Gasteiger partial charge in [-0.3, -0.25) is 0 Å². The molecule has 0 amide bonds. The highest BCUT2D eigenvalue weighted by atomic mass is 19.4. The largest absolute Gasteiger partial charge is 0.440 e. The van der Waals surface area contributed by atoms with E-state index in [9.17, 15) is 26.3 Å². The smallest absolute Gasteiger partial charge is 0.420 e. The molecule has 0 N–H and O–H groups in total. The van der Waals surface area contributed by atoms with Gasteiger partial charge in [-0.25, -0.2) is 0 Å². The van der Waals surface area contributed by atoms with Crippen molar-refractivity contribution < 1.29 is 31.1 Å². The van der Waals surface area contributed by atoms with Crippen LogP contribution in [0.2, 0.25) is 0 Å². The Kier molecular flexibility index (Phi) is 3.65. The number of nitrogens with zero attached hydrogens (tertiary/aromatic N) is 1. The number of aryl methyl sites for hydroxylation is 1. The Morgan fingerprint density at radius 3 is 2.05 bits per heavy atom. The zero-order valence-electron chi connectivity index (χ0n) is 10.6. The SMILES string of the molecule is Cn1cccc1Oc1cccc(C(F)(F)F)c1C(F)(F)F. The van der Waals surface area contributed by atoms with Gasteiger partial charge in [-0.2, -0.15) is 26.3 Å². The van der Waals surface area contributed by atoms with E-state index in [2.05, 4.69) is 0 Å². The summed E-state index contributed by atoms with van der Waals surface area (Å²) in [6, 6.07) is 4.94. The predicted octanol–water partition coefficient (Wildman–Crippen LogP) is 4.86. The molecule has 8 heteroatoms. The first-order valence-electron chi connectivity index (χ1n) is 5.67. The molecule has 1 aromatic heterocycles. The Labute approximate surface area is 115 Å². The second-order valence-electron chi connectivity index (χ2n) is 4.23. The molecule has 1 heterocycles. The van der Waals surface area contributed by atoms with Crippen molar-refractivity contribution in [1.82, 2.24) is 4.57 Å². The first-order valence-corrected chi connectivity index (χ1v) is 5.67. The van der Waals surface area contributed by atoms with E-state index in [1.54, 1.807) is 0 Å². The Bertz CT molecular complexity index is 641. The van der Waals surface area contributed by atoms with Crippen LogP contribution in [0.3, 0.4) is 0 Å². The summed E-state index contributed by atoms with van der Waals surface area (Å²) in [5.41, 5.74) is -3.61. The van der Waals surface area contributed by atoms with Crippen LogP contribution in [-0.4, -0.2) is 4.57 Å². The topological polar surface area (TPSA) is 14.2 Å². The molecule has 0 saturated carbocycles. The average Bonchev–Trinajstić information content (AvgIpc) is 2.72. The highest BCUT2D eigenvalue weighted by Crippen LogP contribution is 2.45. The van der Waals surface area contributed by atoms with Crippen LogP contribution in [-0.2, 0) is 19.4 Å². The highest BCUT2D eigenvalue weighted by Gasteiger charge is 2.45. The van der Waals surface area contributed by atoms with Gasteiger partial charge >= 0.3 is 12.4 Å². The Balaban J connectivity index is 2.59. The van der Waals surface area contributed by atoms with Crippen molar-refractivity contribution in [1.29, 1.82) is 0 Å². The lowest BCUT2D eigenvalue weighted by Crippen LogP contribution is -2.17. The maximum absolute atomic E-state index is 13.0. The van der Waals surface area contributed by atoms with E-state index >= 15 is 0 Å². The summed E-state index contributed by atoms with van der Waals surface area (Å²) in [5.74, 6) is -0.890. The molecule has 0 aliphatic carbocycles. The van der Waals surface area contributed by atoms with Crippen molar-refractivity contribution in [2.75, 3.05) is 0 Å². The van der Waals surface area contributed by atoms with Crippen molar-refractivity contribution in [2.24, 2.45) is 7.05 Å². The average molecular weight is 309 g/mol. The van der Waals surface area contributed by atoms with Crippen molar-refractivity contribution in [3.8, 4) is 11.6 Å². The van der Waals surface area contributed by atoms with E-state index in [4.69, 9.17) is 4.74 Å². The molecule has 0 fully saturated rings. The standard InChI is InChI=1S/C13H9F6NO/c1-20-7-3-6-10(20)21-9-5-2-4-8(12(14,15)16)11(9)13(17,18)19/h2-7H,1H3. The molecule has 0 unspecified atom stereocenters. The molecule has 2 nitrogen and oxygen atoms in total. The molecule has 0 aliphatic rings. The summed E-state index contributed by atoms with van der Waals surface area (Å²) in [6.07, 6.45) is -8.82. The number of alkyl halides is 6. The van der Waals surface area contributed by atoms with Crippen LogP contribution in [0.1, 0.15) is 11.1 Å². The predicted molar refractivity (Wildman–Crippen MR) is 61.9 cm³/mol. The van der Waals surface area contributed by atoms with Crippen LogP contribution in [0.5, 0.6) is 11.6 Å². The van der Waals surface area contributed by atoms with Gasteiger partial charge in [0.1, 0.15) is 11.3 Å². The molecular weight excluding hydrogens is 300 g/mol.